The second-order valence-electron chi connectivity index (χ2n) is 7.40. The van der Waals surface area contributed by atoms with Crippen LogP contribution < -0.4 is 0 Å². The van der Waals surface area contributed by atoms with Crippen LogP contribution in [-0.2, 0) is 14.3 Å². The fourth-order valence-corrected chi connectivity index (χ4v) is 3.81. The van der Waals surface area contributed by atoms with Gasteiger partial charge in [-0.3, -0.25) is 9.59 Å². The topological polar surface area (TPSA) is 87.1 Å². The molecule has 0 amide bonds. The molecule has 1 aliphatic rings. The highest BCUT2D eigenvalue weighted by atomic mass is 16.6. The van der Waals surface area contributed by atoms with Crippen molar-refractivity contribution in [1.29, 1.82) is 0 Å². The lowest BCUT2D eigenvalue weighted by atomic mass is 9.72. The highest BCUT2D eigenvalue weighted by Crippen LogP contribution is 2.44. The number of benzene rings is 1. The zero-order valence-corrected chi connectivity index (χ0v) is 15.6. The molecule has 1 atom stereocenters. The molecule has 0 heterocycles. The lowest BCUT2D eigenvalue weighted by Gasteiger charge is -2.44. The van der Waals surface area contributed by atoms with Crippen molar-refractivity contribution in [3.8, 4) is 5.75 Å². The van der Waals surface area contributed by atoms with Crippen LogP contribution in [0.3, 0.4) is 0 Å². The molecule has 26 heavy (non-hydrogen) atoms. The van der Waals surface area contributed by atoms with Crippen LogP contribution in [0.5, 0.6) is 5.75 Å². The molecule has 0 aromatic heterocycles. The fraction of sp³-hybridized carbons (Fsp3) is 0.600. The first-order chi connectivity index (χ1) is 12.3. The number of phenolic OH excluding ortho intramolecular Hbond substituents is 1. The van der Waals surface area contributed by atoms with Crippen molar-refractivity contribution in [2.75, 3.05) is 20.6 Å². The molecule has 144 valence electrons. The first-order valence-electron chi connectivity index (χ1n) is 9.20. The highest BCUT2D eigenvalue weighted by Gasteiger charge is 2.44. The number of aromatic hydroxyl groups is 1. The summed E-state index contributed by atoms with van der Waals surface area (Å²) < 4.78 is 5.99. The number of rotatable bonds is 8. The van der Waals surface area contributed by atoms with E-state index in [9.17, 15) is 14.7 Å². The van der Waals surface area contributed by atoms with E-state index in [0.29, 0.717) is 6.54 Å². The zero-order valence-electron chi connectivity index (χ0n) is 15.6. The summed E-state index contributed by atoms with van der Waals surface area (Å²) in [5, 5.41) is 18.4. The van der Waals surface area contributed by atoms with Gasteiger partial charge in [0, 0.05) is 12.5 Å². The fourth-order valence-electron chi connectivity index (χ4n) is 3.81. The van der Waals surface area contributed by atoms with Gasteiger partial charge in [0.2, 0.25) is 0 Å². The number of aliphatic carboxylic acids is 1. The highest BCUT2D eigenvalue weighted by molar-refractivity contribution is 5.76. The summed E-state index contributed by atoms with van der Waals surface area (Å²) in [6, 6.07) is 7.07. The third kappa shape index (κ3) is 5.46. The van der Waals surface area contributed by atoms with Gasteiger partial charge >= 0.3 is 11.9 Å². The Morgan fingerprint density at radius 3 is 2.27 bits per heavy atom. The molecule has 0 spiro atoms. The molecule has 1 unspecified atom stereocenters. The van der Waals surface area contributed by atoms with Gasteiger partial charge in [0.05, 0.1) is 12.8 Å². The summed E-state index contributed by atoms with van der Waals surface area (Å²) in [6.45, 7) is 0.705. The molecule has 1 saturated carbocycles. The number of hydrogen-bond donors (Lipinski definition) is 2. The summed E-state index contributed by atoms with van der Waals surface area (Å²) in [4.78, 5) is 25.2. The van der Waals surface area contributed by atoms with Gasteiger partial charge in [-0.05, 0) is 57.5 Å². The maximum atomic E-state index is 12.4. The first kappa shape index (κ1) is 20.2. The van der Waals surface area contributed by atoms with Crippen LogP contribution in [0.2, 0.25) is 0 Å². The number of carbonyl (C=O) groups excluding carboxylic acids is 1. The predicted octanol–water partition coefficient (Wildman–Crippen LogP) is 3.15. The van der Waals surface area contributed by atoms with Crippen molar-refractivity contribution in [2.45, 2.75) is 56.5 Å². The Bertz CT molecular complexity index is 605. The standard InChI is InChI=1S/C20H29NO5/c1-21(2)14-17(15-6-8-16(22)9-7-15)20(12-4-3-5-13-20)26-19(25)11-10-18(23)24/h6-9,17,22H,3-5,10-14H2,1-2H3,(H,23,24). The predicted molar refractivity (Wildman–Crippen MR) is 98.2 cm³/mol. The van der Waals surface area contributed by atoms with E-state index < -0.39 is 17.5 Å². The number of nitrogens with zero attached hydrogens (tertiary/aromatic N) is 1. The minimum atomic E-state index is -0.997. The second kappa shape index (κ2) is 9.03. The van der Waals surface area contributed by atoms with Gasteiger partial charge < -0.3 is 19.8 Å². The molecule has 1 aromatic carbocycles. The summed E-state index contributed by atoms with van der Waals surface area (Å²) in [5.41, 5.74) is 0.388. The lowest BCUT2D eigenvalue weighted by molar-refractivity contribution is -0.168. The Balaban J connectivity index is 2.30. The summed E-state index contributed by atoms with van der Waals surface area (Å²) in [7, 11) is 3.96. The quantitative estimate of drug-likeness (QED) is 0.690. The van der Waals surface area contributed by atoms with E-state index in [1.54, 1.807) is 12.1 Å². The Morgan fingerprint density at radius 1 is 1.12 bits per heavy atom. The minimum absolute atomic E-state index is 0.0350. The van der Waals surface area contributed by atoms with E-state index in [0.717, 1.165) is 37.7 Å². The lowest BCUT2D eigenvalue weighted by Crippen LogP contribution is -2.46. The Labute approximate surface area is 154 Å². The molecule has 1 aliphatic carbocycles. The molecule has 6 heteroatoms. The van der Waals surface area contributed by atoms with Crippen molar-refractivity contribution < 1.29 is 24.5 Å². The number of likely N-dealkylation sites (N-methyl/N-ethyl adjacent to an activating group) is 1. The molecule has 2 rings (SSSR count). The molecule has 0 bridgehead atoms. The van der Waals surface area contributed by atoms with E-state index in [1.165, 1.54) is 0 Å². The first-order valence-corrected chi connectivity index (χ1v) is 9.20. The van der Waals surface area contributed by atoms with Crippen molar-refractivity contribution in [3.05, 3.63) is 29.8 Å². The molecule has 2 N–H and O–H groups in total. The number of ether oxygens (including phenoxy) is 1. The van der Waals surface area contributed by atoms with Crippen LogP contribution in [-0.4, -0.2) is 53.3 Å². The van der Waals surface area contributed by atoms with Crippen molar-refractivity contribution in [1.82, 2.24) is 4.90 Å². The number of hydrogen-bond acceptors (Lipinski definition) is 5. The third-order valence-electron chi connectivity index (χ3n) is 5.04. The van der Waals surface area contributed by atoms with E-state index in [4.69, 9.17) is 9.84 Å². The van der Waals surface area contributed by atoms with Crippen molar-refractivity contribution in [2.24, 2.45) is 0 Å². The number of carbonyl (C=O) groups is 2. The maximum Gasteiger partial charge on any atom is 0.306 e. The summed E-state index contributed by atoms with van der Waals surface area (Å²) >= 11 is 0. The number of carboxylic acid groups (broad SMARTS) is 1. The molecule has 1 aromatic rings. The van der Waals surface area contributed by atoms with Gasteiger partial charge in [0.15, 0.2) is 0 Å². The van der Waals surface area contributed by atoms with E-state index in [1.807, 2.05) is 26.2 Å². The largest absolute Gasteiger partial charge is 0.508 e. The molecule has 0 aliphatic heterocycles. The number of phenols is 1. The summed E-state index contributed by atoms with van der Waals surface area (Å²) in [5.74, 6) is -1.28. The van der Waals surface area contributed by atoms with Gasteiger partial charge in [-0.1, -0.05) is 18.6 Å². The normalized spacial score (nSPS) is 17.7. The van der Waals surface area contributed by atoms with Crippen LogP contribution in [0.4, 0.5) is 0 Å². The van der Waals surface area contributed by atoms with Crippen LogP contribution in [0.25, 0.3) is 0 Å². The average molecular weight is 363 g/mol. The molecule has 1 fully saturated rings. The Hall–Kier alpha value is -2.08. The van der Waals surface area contributed by atoms with Crippen LogP contribution in [0.15, 0.2) is 24.3 Å². The van der Waals surface area contributed by atoms with E-state index in [-0.39, 0.29) is 24.5 Å². The Morgan fingerprint density at radius 2 is 1.73 bits per heavy atom. The van der Waals surface area contributed by atoms with Gasteiger partial charge in [-0.2, -0.15) is 0 Å². The second-order valence-corrected chi connectivity index (χ2v) is 7.40. The zero-order chi connectivity index (χ0) is 19.2. The number of carboxylic acids is 1. The molecule has 6 nitrogen and oxygen atoms in total. The van der Waals surface area contributed by atoms with Gasteiger partial charge in [0.25, 0.3) is 0 Å². The van der Waals surface area contributed by atoms with Gasteiger partial charge in [0.1, 0.15) is 11.4 Å². The van der Waals surface area contributed by atoms with Crippen LogP contribution in [0, 0.1) is 0 Å². The molecule has 0 radical (unpaired) electrons. The average Bonchev–Trinajstić information content (AvgIpc) is 2.59. The van der Waals surface area contributed by atoms with Crippen molar-refractivity contribution >= 4 is 11.9 Å². The Kier molecular flexibility index (Phi) is 7.03. The summed E-state index contributed by atoms with van der Waals surface area (Å²) in [6.07, 6.45) is 4.28. The SMILES string of the molecule is CN(C)CC(c1ccc(O)cc1)C1(OC(=O)CCC(=O)O)CCCCC1. The van der Waals surface area contributed by atoms with E-state index >= 15 is 0 Å². The number of esters is 1. The third-order valence-corrected chi connectivity index (χ3v) is 5.04. The van der Waals surface area contributed by atoms with Gasteiger partial charge in [-0.15, -0.1) is 0 Å². The van der Waals surface area contributed by atoms with Crippen LogP contribution in [0.1, 0.15) is 56.4 Å². The smallest absolute Gasteiger partial charge is 0.306 e. The van der Waals surface area contributed by atoms with Crippen molar-refractivity contribution in [3.63, 3.8) is 0 Å². The van der Waals surface area contributed by atoms with Crippen LogP contribution >= 0.6 is 0 Å². The minimum Gasteiger partial charge on any atom is -0.508 e. The molecular formula is C20H29NO5. The molecule has 0 saturated heterocycles. The monoisotopic (exact) mass is 363 g/mol. The van der Waals surface area contributed by atoms with E-state index in [2.05, 4.69) is 4.90 Å². The molecular weight excluding hydrogens is 334 g/mol. The van der Waals surface area contributed by atoms with Gasteiger partial charge in [-0.25, -0.2) is 0 Å². The maximum absolute atomic E-state index is 12.4.